The minimum absolute atomic E-state index is 0.0314. The molecule has 1 amide bonds. The molecule has 1 saturated carbocycles. The van der Waals surface area contributed by atoms with Crippen molar-refractivity contribution in [3.8, 4) is 0 Å². The molecule has 0 saturated heterocycles. The van der Waals surface area contributed by atoms with Gasteiger partial charge in [-0.05, 0) is 30.5 Å². The van der Waals surface area contributed by atoms with E-state index in [4.69, 9.17) is 5.11 Å². The molecule has 114 valence electrons. The zero-order valence-electron chi connectivity index (χ0n) is 11.5. The molecule has 1 heterocycles. The molecule has 0 bridgehead atoms. The highest BCUT2D eigenvalue weighted by Gasteiger charge is 2.51. The molecule has 0 unspecified atom stereocenters. The number of aliphatic carboxylic acids is 1. The summed E-state index contributed by atoms with van der Waals surface area (Å²) in [6.45, 7) is 0.266. The zero-order valence-corrected chi connectivity index (χ0v) is 11.5. The Morgan fingerprint density at radius 2 is 2.18 bits per heavy atom. The first-order chi connectivity index (χ1) is 10.5. The summed E-state index contributed by atoms with van der Waals surface area (Å²) < 4.78 is 14.5. The molecular weight excluding hydrogens is 291 g/mol. The van der Waals surface area contributed by atoms with Crippen LogP contribution < -0.4 is 5.32 Å². The Balaban J connectivity index is 1.68. The van der Waals surface area contributed by atoms with Gasteiger partial charge in [0.05, 0.1) is 12.7 Å². The molecule has 1 aliphatic rings. The number of carboxylic acid groups (broad SMARTS) is 1. The fraction of sp³-hybridized carbons (Fsp3) is 0.286. The summed E-state index contributed by atoms with van der Waals surface area (Å²) in [6.07, 6.45) is 2.22. The lowest BCUT2D eigenvalue weighted by Crippen LogP contribution is -2.43. The Kier molecular flexibility index (Phi) is 3.36. The number of carbonyl (C=O) groups is 2. The third kappa shape index (κ3) is 2.80. The van der Waals surface area contributed by atoms with Crippen LogP contribution in [0.3, 0.4) is 0 Å². The number of benzene rings is 1. The van der Waals surface area contributed by atoms with Gasteiger partial charge in [0.15, 0.2) is 5.69 Å². The summed E-state index contributed by atoms with van der Waals surface area (Å²) >= 11 is 0. The summed E-state index contributed by atoms with van der Waals surface area (Å²) in [5, 5.41) is 19.0. The summed E-state index contributed by atoms with van der Waals surface area (Å²) in [4.78, 5) is 23.0. The van der Waals surface area contributed by atoms with Crippen LogP contribution in [0.4, 0.5) is 4.39 Å². The van der Waals surface area contributed by atoms with Crippen LogP contribution in [0.5, 0.6) is 0 Å². The SMILES string of the molecule is O=C(NC1(C(=O)O)CC1)c1cn(Cc2cccc(F)c2)nn1. The van der Waals surface area contributed by atoms with Gasteiger partial charge in [0, 0.05) is 0 Å². The number of amides is 1. The molecule has 2 aromatic rings. The molecule has 0 spiro atoms. The molecule has 1 aliphatic carbocycles. The minimum Gasteiger partial charge on any atom is -0.480 e. The molecule has 1 fully saturated rings. The quantitative estimate of drug-likeness (QED) is 0.852. The fourth-order valence-electron chi connectivity index (χ4n) is 2.10. The van der Waals surface area contributed by atoms with Crippen LogP contribution >= 0.6 is 0 Å². The monoisotopic (exact) mass is 304 g/mol. The van der Waals surface area contributed by atoms with E-state index in [1.165, 1.54) is 23.0 Å². The molecule has 22 heavy (non-hydrogen) atoms. The van der Waals surface area contributed by atoms with Crippen molar-refractivity contribution < 1.29 is 19.1 Å². The van der Waals surface area contributed by atoms with Gasteiger partial charge >= 0.3 is 5.97 Å². The van der Waals surface area contributed by atoms with Gasteiger partial charge in [-0.1, -0.05) is 17.3 Å². The highest BCUT2D eigenvalue weighted by Crippen LogP contribution is 2.35. The molecule has 1 aromatic carbocycles. The number of hydrogen-bond donors (Lipinski definition) is 2. The van der Waals surface area contributed by atoms with Crippen molar-refractivity contribution in [3.63, 3.8) is 0 Å². The van der Waals surface area contributed by atoms with Crippen molar-refractivity contribution in [2.45, 2.75) is 24.9 Å². The van der Waals surface area contributed by atoms with E-state index in [1.807, 2.05) is 0 Å². The number of carboxylic acids is 1. The van der Waals surface area contributed by atoms with Crippen LogP contribution in [-0.4, -0.2) is 37.5 Å². The van der Waals surface area contributed by atoms with Gasteiger partial charge in [-0.2, -0.15) is 0 Å². The molecule has 2 N–H and O–H groups in total. The van der Waals surface area contributed by atoms with E-state index < -0.39 is 17.4 Å². The maximum absolute atomic E-state index is 13.1. The second kappa shape index (κ2) is 5.21. The number of nitrogens with zero attached hydrogens (tertiary/aromatic N) is 3. The maximum Gasteiger partial charge on any atom is 0.329 e. The summed E-state index contributed by atoms with van der Waals surface area (Å²) in [5.74, 6) is -1.98. The lowest BCUT2D eigenvalue weighted by Gasteiger charge is -2.10. The van der Waals surface area contributed by atoms with Crippen LogP contribution in [-0.2, 0) is 11.3 Å². The number of hydrogen-bond acceptors (Lipinski definition) is 4. The molecule has 1 aromatic heterocycles. The second-order valence-electron chi connectivity index (χ2n) is 5.27. The summed E-state index contributed by atoms with van der Waals surface area (Å²) in [6, 6.07) is 6.02. The molecule has 7 nitrogen and oxygen atoms in total. The first-order valence-electron chi connectivity index (χ1n) is 6.69. The van der Waals surface area contributed by atoms with E-state index in [1.54, 1.807) is 12.1 Å². The predicted octanol–water partition coefficient (Wildman–Crippen LogP) is 0.812. The summed E-state index contributed by atoms with van der Waals surface area (Å²) in [7, 11) is 0. The average molecular weight is 304 g/mol. The van der Waals surface area contributed by atoms with E-state index >= 15 is 0 Å². The van der Waals surface area contributed by atoms with Gasteiger partial charge in [0.25, 0.3) is 5.91 Å². The van der Waals surface area contributed by atoms with Gasteiger partial charge < -0.3 is 10.4 Å². The standard InChI is InChI=1S/C14H13FN4O3/c15-10-3-1-2-9(6-10)7-19-8-11(17-18-19)12(20)16-14(4-5-14)13(21)22/h1-3,6,8H,4-5,7H2,(H,16,20)(H,21,22). The maximum atomic E-state index is 13.1. The first-order valence-corrected chi connectivity index (χ1v) is 6.69. The van der Waals surface area contributed by atoms with Crippen LogP contribution in [0.15, 0.2) is 30.5 Å². The Morgan fingerprint density at radius 1 is 1.41 bits per heavy atom. The predicted molar refractivity (Wildman–Crippen MR) is 72.6 cm³/mol. The Bertz CT molecular complexity index is 739. The fourth-order valence-corrected chi connectivity index (χ4v) is 2.10. The molecule has 3 rings (SSSR count). The molecule has 0 radical (unpaired) electrons. The Labute approximate surface area is 124 Å². The average Bonchev–Trinajstić information content (AvgIpc) is 3.10. The van der Waals surface area contributed by atoms with E-state index in [-0.39, 0.29) is 18.1 Å². The minimum atomic E-state index is -1.16. The Hall–Kier alpha value is -2.77. The van der Waals surface area contributed by atoms with Gasteiger partial charge in [-0.15, -0.1) is 5.10 Å². The topological polar surface area (TPSA) is 97.1 Å². The number of carbonyl (C=O) groups excluding carboxylic acids is 1. The summed E-state index contributed by atoms with van der Waals surface area (Å²) in [5.41, 5.74) is -0.450. The highest BCUT2D eigenvalue weighted by molar-refractivity contribution is 5.97. The van der Waals surface area contributed by atoms with Crippen molar-refractivity contribution in [2.75, 3.05) is 0 Å². The number of aromatic nitrogens is 3. The van der Waals surface area contributed by atoms with E-state index in [9.17, 15) is 14.0 Å². The van der Waals surface area contributed by atoms with Crippen LogP contribution in [0.25, 0.3) is 0 Å². The highest BCUT2D eigenvalue weighted by atomic mass is 19.1. The van der Waals surface area contributed by atoms with Crippen LogP contribution in [0.2, 0.25) is 0 Å². The van der Waals surface area contributed by atoms with Crippen molar-refractivity contribution in [1.82, 2.24) is 20.3 Å². The van der Waals surface area contributed by atoms with Crippen LogP contribution in [0, 0.1) is 5.82 Å². The molecule has 8 heteroatoms. The number of halogens is 1. The normalized spacial score (nSPS) is 15.3. The first kappa shape index (κ1) is 14.2. The third-order valence-electron chi connectivity index (χ3n) is 3.52. The van der Waals surface area contributed by atoms with E-state index in [0.717, 1.165) is 0 Å². The van der Waals surface area contributed by atoms with Gasteiger partial charge in [0.1, 0.15) is 11.4 Å². The lowest BCUT2D eigenvalue weighted by atomic mass is 10.2. The lowest BCUT2D eigenvalue weighted by molar-refractivity contribution is -0.140. The number of nitrogens with one attached hydrogen (secondary N) is 1. The smallest absolute Gasteiger partial charge is 0.329 e. The van der Waals surface area contributed by atoms with Gasteiger partial charge in [-0.3, -0.25) is 4.79 Å². The van der Waals surface area contributed by atoms with Crippen molar-refractivity contribution >= 4 is 11.9 Å². The van der Waals surface area contributed by atoms with Crippen molar-refractivity contribution in [3.05, 3.63) is 47.5 Å². The third-order valence-corrected chi connectivity index (χ3v) is 3.52. The van der Waals surface area contributed by atoms with Crippen LogP contribution in [0.1, 0.15) is 28.9 Å². The van der Waals surface area contributed by atoms with Crippen molar-refractivity contribution in [2.24, 2.45) is 0 Å². The van der Waals surface area contributed by atoms with Gasteiger partial charge in [-0.25, -0.2) is 13.9 Å². The number of rotatable bonds is 5. The molecular formula is C14H13FN4O3. The molecule has 0 atom stereocenters. The Morgan fingerprint density at radius 3 is 2.82 bits per heavy atom. The van der Waals surface area contributed by atoms with Crippen molar-refractivity contribution in [1.29, 1.82) is 0 Å². The second-order valence-corrected chi connectivity index (χ2v) is 5.27. The zero-order chi connectivity index (χ0) is 15.7. The van der Waals surface area contributed by atoms with E-state index in [0.29, 0.717) is 18.4 Å². The van der Waals surface area contributed by atoms with E-state index in [2.05, 4.69) is 15.6 Å². The molecule has 0 aliphatic heterocycles. The van der Waals surface area contributed by atoms with Gasteiger partial charge in [0.2, 0.25) is 0 Å². The largest absolute Gasteiger partial charge is 0.480 e.